The first-order valence-electron chi connectivity index (χ1n) is 6.39. The van der Waals surface area contributed by atoms with Crippen molar-refractivity contribution < 1.29 is 19.4 Å². The van der Waals surface area contributed by atoms with Gasteiger partial charge in [-0.3, -0.25) is 4.79 Å². The van der Waals surface area contributed by atoms with E-state index in [0.717, 1.165) is 0 Å². The van der Waals surface area contributed by atoms with Crippen molar-refractivity contribution in [1.82, 2.24) is 0 Å². The molecule has 3 rings (SSSR count). The van der Waals surface area contributed by atoms with E-state index < -0.39 is 0 Å². The normalized spacial score (nSPS) is 12.2. The van der Waals surface area contributed by atoms with Crippen molar-refractivity contribution in [1.29, 1.82) is 0 Å². The molecule has 2 aromatic rings. The van der Waals surface area contributed by atoms with Crippen LogP contribution in [-0.2, 0) is 11.2 Å². The van der Waals surface area contributed by atoms with E-state index in [1.54, 1.807) is 30.3 Å². The first kappa shape index (κ1) is 13.1. The molecule has 0 aromatic heterocycles. The number of hydrogen-bond acceptors (Lipinski definition) is 5. The number of benzene rings is 2. The monoisotopic (exact) mass is 286 g/mol. The Bertz CT molecular complexity index is 700. The highest BCUT2D eigenvalue weighted by Crippen LogP contribution is 2.38. The first-order chi connectivity index (χ1) is 10.1. The number of nitrogens with one attached hydrogen (secondary N) is 1. The van der Waals surface area contributed by atoms with Gasteiger partial charge in [-0.25, -0.2) is 0 Å². The summed E-state index contributed by atoms with van der Waals surface area (Å²) in [6, 6.07) is 9.93. The van der Waals surface area contributed by atoms with E-state index >= 15 is 0 Å². The number of phenolic OH excluding ortho intramolecular Hbond substituents is 1. The average molecular weight is 286 g/mol. The molecule has 0 fully saturated rings. The molecule has 2 aromatic carbocycles. The summed E-state index contributed by atoms with van der Waals surface area (Å²) in [5.41, 5.74) is 7.27. The number of carbonyl (C=O) groups excluding carboxylic acids is 1. The van der Waals surface area contributed by atoms with E-state index in [-0.39, 0.29) is 24.9 Å². The molecule has 6 nitrogen and oxygen atoms in total. The van der Waals surface area contributed by atoms with Crippen molar-refractivity contribution in [3.8, 4) is 17.2 Å². The van der Waals surface area contributed by atoms with Gasteiger partial charge in [0, 0.05) is 17.7 Å². The number of rotatable bonds is 3. The van der Waals surface area contributed by atoms with Gasteiger partial charge in [0.15, 0.2) is 11.5 Å². The minimum atomic E-state index is -0.276. The third-order valence-corrected chi connectivity index (χ3v) is 3.16. The maximum atomic E-state index is 12.0. The van der Waals surface area contributed by atoms with Gasteiger partial charge in [0.05, 0.1) is 17.8 Å². The number of fused-ring (bicyclic) bond motifs is 1. The SMILES string of the molecule is Nc1cc2c(cc1NC(=O)Cc1ccccc1O)OCO2. The summed E-state index contributed by atoms with van der Waals surface area (Å²) in [4.78, 5) is 12.0. The number of phenols is 1. The van der Waals surface area contributed by atoms with Gasteiger partial charge in [-0.05, 0) is 6.07 Å². The Morgan fingerprint density at radius 3 is 2.71 bits per heavy atom. The molecule has 0 unspecified atom stereocenters. The van der Waals surface area contributed by atoms with Crippen molar-refractivity contribution in [3.05, 3.63) is 42.0 Å². The van der Waals surface area contributed by atoms with E-state index in [4.69, 9.17) is 15.2 Å². The second kappa shape index (κ2) is 5.24. The molecule has 0 radical (unpaired) electrons. The van der Waals surface area contributed by atoms with Gasteiger partial charge < -0.3 is 25.6 Å². The van der Waals surface area contributed by atoms with Gasteiger partial charge in [-0.15, -0.1) is 0 Å². The Morgan fingerprint density at radius 2 is 1.95 bits per heavy atom. The topological polar surface area (TPSA) is 93.8 Å². The number of anilines is 2. The lowest BCUT2D eigenvalue weighted by Gasteiger charge is -2.10. The first-order valence-corrected chi connectivity index (χ1v) is 6.39. The predicted molar refractivity (Wildman–Crippen MR) is 77.4 cm³/mol. The number of carbonyl (C=O) groups is 1. The van der Waals surface area contributed by atoms with E-state index in [9.17, 15) is 9.90 Å². The molecule has 0 saturated carbocycles. The number of hydrogen-bond donors (Lipinski definition) is 3. The highest BCUT2D eigenvalue weighted by Gasteiger charge is 2.17. The molecule has 6 heteroatoms. The van der Waals surface area contributed by atoms with Crippen LogP contribution in [0.2, 0.25) is 0 Å². The van der Waals surface area contributed by atoms with Crippen LogP contribution < -0.4 is 20.5 Å². The summed E-state index contributed by atoms with van der Waals surface area (Å²) < 4.78 is 10.4. The minimum Gasteiger partial charge on any atom is -0.508 e. The van der Waals surface area contributed by atoms with Gasteiger partial charge in [-0.2, -0.15) is 0 Å². The zero-order valence-corrected chi connectivity index (χ0v) is 11.1. The molecular weight excluding hydrogens is 272 g/mol. The van der Waals surface area contributed by atoms with Gasteiger partial charge >= 0.3 is 0 Å². The molecule has 21 heavy (non-hydrogen) atoms. The standard InChI is InChI=1S/C15H14N2O4/c16-10-6-13-14(21-8-20-13)7-11(10)17-15(19)5-9-3-1-2-4-12(9)18/h1-4,6-7,18H,5,8,16H2,(H,17,19). The Labute approximate surface area is 121 Å². The summed E-state index contributed by atoms with van der Waals surface area (Å²) in [7, 11) is 0. The molecule has 0 saturated heterocycles. The zero-order chi connectivity index (χ0) is 14.8. The second-order valence-electron chi connectivity index (χ2n) is 4.65. The predicted octanol–water partition coefficient (Wildman–Crippen LogP) is 1.88. The molecule has 0 spiro atoms. The smallest absolute Gasteiger partial charge is 0.231 e. The van der Waals surface area contributed by atoms with Crippen LogP contribution in [0.4, 0.5) is 11.4 Å². The van der Waals surface area contributed by atoms with Crippen LogP contribution in [0.1, 0.15) is 5.56 Å². The lowest BCUT2D eigenvalue weighted by atomic mass is 10.1. The van der Waals surface area contributed by atoms with Crippen LogP contribution >= 0.6 is 0 Å². The summed E-state index contributed by atoms with van der Waals surface area (Å²) in [5, 5.41) is 12.4. The molecule has 4 N–H and O–H groups in total. The van der Waals surface area contributed by atoms with Crippen molar-refractivity contribution in [2.24, 2.45) is 0 Å². The lowest BCUT2D eigenvalue weighted by molar-refractivity contribution is -0.115. The fourth-order valence-corrected chi connectivity index (χ4v) is 2.09. The van der Waals surface area contributed by atoms with E-state index in [1.807, 2.05) is 0 Å². The van der Waals surface area contributed by atoms with Crippen molar-refractivity contribution in [2.45, 2.75) is 6.42 Å². The van der Waals surface area contributed by atoms with Crippen LogP contribution in [0.5, 0.6) is 17.2 Å². The number of para-hydroxylation sites is 1. The van der Waals surface area contributed by atoms with Crippen molar-refractivity contribution in [2.75, 3.05) is 17.8 Å². The third-order valence-electron chi connectivity index (χ3n) is 3.16. The summed E-state index contributed by atoms with van der Waals surface area (Å²) >= 11 is 0. The van der Waals surface area contributed by atoms with Crippen LogP contribution in [-0.4, -0.2) is 17.8 Å². The molecule has 0 aliphatic carbocycles. The second-order valence-corrected chi connectivity index (χ2v) is 4.65. The Morgan fingerprint density at radius 1 is 1.24 bits per heavy atom. The number of nitrogen functional groups attached to an aromatic ring is 1. The number of nitrogens with two attached hydrogens (primary N) is 1. The van der Waals surface area contributed by atoms with E-state index in [1.165, 1.54) is 6.07 Å². The largest absolute Gasteiger partial charge is 0.508 e. The van der Waals surface area contributed by atoms with Gasteiger partial charge in [0.2, 0.25) is 12.7 Å². The fourth-order valence-electron chi connectivity index (χ4n) is 2.09. The van der Waals surface area contributed by atoms with Crippen LogP contribution in [0, 0.1) is 0 Å². The van der Waals surface area contributed by atoms with E-state index in [2.05, 4.69) is 5.32 Å². The highest BCUT2D eigenvalue weighted by molar-refractivity contribution is 5.96. The molecule has 1 aliphatic heterocycles. The van der Waals surface area contributed by atoms with E-state index in [0.29, 0.717) is 28.4 Å². The van der Waals surface area contributed by atoms with Crippen molar-refractivity contribution >= 4 is 17.3 Å². The maximum Gasteiger partial charge on any atom is 0.231 e. The Balaban J connectivity index is 1.75. The molecular formula is C15H14N2O4. The quantitative estimate of drug-likeness (QED) is 0.749. The number of aromatic hydroxyl groups is 1. The van der Waals surface area contributed by atoms with Gasteiger partial charge in [-0.1, -0.05) is 18.2 Å². The Kier molecular flexibility index (Phi) is 3.27. The molecule has 1 aliphatic rings. The third kappa shape index (κ3) is 2.69. The van der Waals surface area contributed by atoms with Crippen molar-refractivity contribution in [3.63, 3.8) is 0 Å². The number of amides is 1. The van der Waals surface area contributed by atoms with Crippen LogP contribution in [0.3, 0.4) is 0 Å². The number of ether oxygens (including phenoxy) is 2. The summed E-state index contributed by atoms with van der Waals surface area (Å²) in [6.07, 6.45) is 0.0561. The highest BCUT2D eigenvalue weighted by atomic mass is 16.7. The van der Waals surface area contributed by atoms with Gasteiger partial charge in [0.1, 0.15) is 5.75 Å². The lowest BCUT2D eigenvalue weighted by Crippen LogP contribution is -2.15. The molecule has 0 bridgehead atoms. The van der Waals surface area contributed by atoms with Gasteiger partial charge in [0.25, 0.3) is 0 Å². The Hall–Kier alpha value is -2.89. The van der Waals surface area contributed by atoms with Crippen LogP contribution in [0.25, 0.3) is 0 Å². The average Bonchev–Trinajstić information content (AvgIpc) is 2.89. The maximum absolute atomic E-state index is 12.0. The fraction of sp³-hybridized carbons (Fsp3) is 0.133. The molecule has 0 atom stereocenters. The summed E-state index contributed by atoms with van der Waals surface area (Å²) in [6.45, 7) is 0.143. The minimum absolute atomic E-state index is 0.0561. The summed E-state index contributed by atoms with van der Waals surface area (Å²) in [5.74, 6) is 0.918. The molecule has 1 amide bonds. The molecule has 108 valence electrons. The molecule has 1 heterocycles. The zero-order valence-electron chi connectivity index (χ0n) is 11.1. The van der Waals surface area contributed by atoms with Crippen LogP contribution in [0.15, 0.2) is 36.4 Å².